The number of hydrogen-bond acceptors (Lipinski definition) is 2. The van der Waals surface area contributed by atoms with E-state index in [0.717, 1.165) is 29.0 Å². The van der Waals surface area contributed by atoms with Crippen LogP contribution in [0, 0.1) is 13.8 Å². The average molecular weight is 225 g/mol. The highest BCUT2D eigenvalue weighted by Crippen LogP contribution is 2.21. The lowest BCUT2D eigenvalue weighted by Gasteiger charge is -2.17. The first-order valence-electron chi connectivity index (χ1n) is 5.33. The van der Waals surface area contributed by atoms with Gasteiger partial charge >= 0.3 is 0 Å². The second-order valence-corrected chi connectivity index (χ2v) is 5.14. The maximum Gasteiger partial charge on any atom is 0.151 e. The largest absolute Gasteiger partial charge is 0.345 e. The minimum atomic E-state index is 0.462. The molecular formula is C12H19NOS. The lowest BCUT2D eigenvalue weighted by Crippen LogP contribution is -2.11. The van der Waals surface area contributed by atoms with E-state index in [0.29, 0.717) is 6.04 Å². The average Bonchev–Trinajstić information content (AvgIpc) is 2.50. The maximum atomic E-state index is 10.8. The first-order valence-corrected chi connectivity index (χ1v) is 6.48. The molecule has 1 unspecified atom stereocenters. The van der Waals surface area contributed by atoms with Gasteiger partial charge in [-0.3, -0.25) is 4.79 Å². The Labute approximate surface area is 96.1 Å². The summed E-state index contributed by atoms with van der Waals surface area (Å²) in [5, 5.41) is 0. The van der Waals surface area contributed by atoms with Crippen molar-refractivity contribution >= 4 is 18.0 Å². The molecule has 0 aliphatic rings. The van der Waals surface area contributed by atoms with Crippen molar-refractivity contribution < 1.29 is 4.79 Å². The molecule has 15 heavy (non-hydrogen) atoms. The van der Waals surface area contributed by atoms with Gasteiger partial charge in [0.05, 0.1) is 0 Å². The van der Waals surface area contributed by atoms with Crippen molar-refractivity contribution in [3.63, 3.8) is 0 Å². The molecule has 1 aromatic heterocycles. The molecule has 0 saturated carbocycles. The van der Waals surface area contributed by atoms with Crippen LogP contribution in [0.15, 0.2) is 6.07 Å². The van der Waals surface area contributed by atoms with Crippen molar-refractivity contribution in [1.29, 1.82) is 0 Å². The Morgan fingerprint density at radius 1 is 1.53 bits per heavy atom. The van der Waals surface area contributed by atoms with E-state index in [1.54, 1.807) is 0 Å². The summed E-state index contributed by atoms with van der Waals surface area (Å²) in [5.74, 6) is 2.25. The van der Waals surface area contributed by atoms with Gasteiger partial charge in [-0.1, -0.05) is 6.92 Å². The second-order valence-electron chi connectivity index (χ2n) is 3.82. The number of carbonyl (C=O) groups is 1. The molecule has 0 fully saturated rings. The first kappa shape index (κ1) is 12.4. The summed E-state index contributed by atoms with van der Waals surface area (Å²) < 4.78 is 2.26. The molecule has 1 rings (SSSR count). The van der Waals surface area contributed by atoms with Crippen molar-refractivity contribution in [2.24, 2.45) is 0 Å². The van der Waals surface area contributed by atoms with E-state index >= 15 is 0 Å². The fourth-order valence-electron chi connectivity index (χ4n) is 1.96. The molecule has 0 aliphatic heterocycles. The molecule has 1 heterocycles. The predicted molar refractivity (Wildman–Crippen MR) is 67.0 cm³/mol. The molecule has 0 N–H and O–H groups in total. The van der Waals surface area contributed by atoms with Gasteiger partial charge in [0, 0.05) is 28.7 Å². The molecule has 1 atom stereocenters. The van der Waals surface area contributed by atoms with Crippen LogP contribution in [0.3, 0.4) is 0 Å². The topological polar surface area (TPSA) is 22.0 Å². The van der Waals surface area contributed by atoms with E-state index in [4.69, 9.17) is 0 Å². The van der Waals surface area contributed by atoms with Gasteiger partial charge < -0.3 is 4.57 Å². The number of aromatic nitrogens is 1. The van der Waals surface area contributed by atoms with E-state index in [1.807, 2.05) is 24.8 Å². The molecule has 0 spiro atoms. The van der Waals surface area contributed by atoms with E-state index in [-0.39, 0.29) is 0 Å². The molecule has 0 bridgehead atoms. The van der Waals surface area contributed by atoms with Crippen molar-refractivity contribution in [2.75, 3.05) is 11.5 Å². The summed E-state index contributed by atoms with van der Waals surface area (Å²) in [4.78, 5) is 10.8. The van der Waals surface area contributed by atoms with Crippen LogP contribution >= 0.6 is 11.8 Å². The lowest BCUT2D eigenvalue weighted by molar-refractivity contribution is 0.112. The molecule has 0 aromatic carbocycles. The van der Waals surface area contributed by atoms with Crippen LogP contribution in [-0.4, -0.2) is 22.4 Å². The van der Waals surface area contributed by atoms with Gasteiger partial charge in [-0.15, -0.1) is 0 Å². The molecule has 0 saturated heterocycles. The standard InChI is InChI=1S/C12H19NOS/c1-5-15-8-10(3)13-9(2)6-12(7-14)11(13)4/h6-7,10H,5,8H2,1-4H3. The molecule has 0 radical (unpaired) electrons. The van der Waals surface area contributed by atoms with Crippen LogP contribution in [-0.2, 0) is 0 Å². The highest BCUT2D eigenvalue weighted by molar-refractivity contribution is 7.99. The molecule has 2 nitrogen and oxygen atoms in total. The summed E-state index contributed by atoms with van der Waals surface area (Å²) in [7, 11) is 0. The molecule has 3 heteroatoms. The van der Waals surface area contributed by atoms with Crippen molar-refractivity contribution in [3.05, 3.63) is 23.0 Å². The van der Waals surface area contributed by atoms with Crippen LogP contribution in [0.25, 0.3) is 0 Å². The minimum absolute atomic E-state index is 0.462. The summed E-state index contributed by atoms with van der Waals surface area (Å²) in [6, 6.07) is 2.43. The van der Waals surface area contributed by atoms with Gasteiger partial charge in [-0.05, 0) is 32.6 Å². The number of nitrogens with zero attached hydrogens (tertiary/aromatic N) is 1. The van der Waals surface area contributed by atoms with Gasteiger partial charge in [-0.2, -0.15) is 11.8 Å². The van der Waals surface area contributed by atoms with Gasteiger partial charge in [0.1, 0.15) is 0 Å². The first-order chi connectivity index (χ1) is 7.11. The quantitative estimate of drug-likeness (QED) is 0.718. The van der Waals surface area contributed by atoms with Crippen molar-refractivity contribution in [2.45, 2.75) is 33.7 Å². The SMILES string of the molecule is CCSCC(C)n1c(C)cc(C=O)c1C. The van der Waals surface area contributed by atoms with Crippen LogP contribution in [0.4, 0.5) is 0 Å². The molecule has 0 amide bonds. The lowest BCUT2D eigenvalue weighted by atomic mass is 10.3. The summed E-state index contributed by atoms with van der Waals surface area (Å²) in [6.45, 7) is 8.46. The van der Waals surface area contributed by atoms with Gasteiger partial charge in [0.2, 0.25) is 0 Å². The van der Waals surface area contributed by atoms with Gasteiger partial charge in [0.25, 0.3) is 0 Å². The molecule has 84 valence electrons. The van der Waals surface area contributed by atoms with E-state index in [9.17, 15) is 4.79 Å². The summed E-state index contributed by atoms with van der Waals surface area (Å²) >= 11 is 1.94. The third kappa shape index (κ3) is 2.65. The minimum Gasteiger partial charge on any atom is -0.345 e. The zero-order valence-electron chi connectivity index (χ0n) is 9.91. The number of hydrogen-bond donors (Lipinski definition) is 0. The van der Waals surface area contributed by atoms with E-state index < -0.39 is 0 Å². The molecule has 1 aromatic rings. The molecule has 0 aliphatic carbocycles. The highest BCUT2D eigenvalue weighted by atomic mass is 32.2. The number of rotatable bonds is 5. The summed E-state index contributed by atoms with van der Waals surface area (Å²) in [5.41, 5.74) is 3.09. The van der Waals surface area contributed by atoms with Crippen molar-refractivity contribution in [3.8, 4) is 0 Å². The Kier molecular flexibility index (Phi) is 4.45. The fraction of sp³-hybridized carbons (Fsp3) is 0.583. The van der Waals surface area contributed by atoms with Crippen LogP contribution in [0.2, 0.25) is 0 Å². The zero-order valence-corrected chi connectivity index (χ0v) is 10.7. The zero-order chi connectivity index (χ0) is 11.4. The smallest absolute Gasteiger partial charge is 0.151 e. The summed E-state index contributed by atoms with van der Waals surface area (Å²) in [6.07, 6.45) is 0.943. The Morgan fingerprint density at radius 2 is 2.20 bits per heavy atom. The number of thioether (sulfide) groups is 1. The Hall–Kier alpha value is -0.700. The van der Waals surface area contributed by atoms with E-state index in [1.165, 1.54) is 5.69 Å². The Bertz CT molecular complexity index is 344. The third-order valence-corrected chi connectivity index (χ3v) is 3.78. The number of aryl methyl sites for hydroxylation is 1. The maximum absolute atomic E-state index is 10.8. The second kappa shape index (κ2) is 5.40. The Morgan fingerprint density at radius 3 is 2.67 bits per heavy atom. The van der Waals surface area contributed by atoms with Crippen LogP contribution < -0.4 is 0 Å². The fourth-order valence-corrected chi connectivity index (χ4v) is 2.69. The van der Waals surface area contributed by atoms with E-state index in [2.05, 4.69) is 25.3 Å². The molecular weight excluding hydrogens is 206 g/mol. The predicted octanol–water partition coefficient (Wildman–Crippen LogP) is 3.23. The highest BCUT2D eigenvalue weighted by Gasteiger charge is 2.13. The van der Waals surface area contributed by atoms with Gasteiger partial charge in [0.15, 0.2) is 6.29 Å². The monoisotopic (exact) mass is 225 g/mol. The normalized spacial score (nSPS) is 12.8. The van der Waals surface area contributed by atoms with Gasteiger partial charge in [-0.25, -0.2) is 0 Å². The number of carbonyl (C=O) groups excluding carboxylic acids is 1. The number of aldehydes is 1. The van der Waals surface area contributed by atoms with Crippen LogP contribution in [0.1, 0.15) is 41.6 Å². The third-order valence-electron chi connectivity index (χ3n) is 2.65. The van der Waals surface area contributed by atoms with Crippen LogP contribution in [0.5, 0.6) is 0 Å². The van der Waals surface area contributed by atoms with Crippen molar-refractivity contribution in [1.82, 2.24) is 4.57 Å². The Balaban J connectivity index is 2.92.